The minimum atomic E-state index is 0.607. The minimum Gasteiger partial charge on any atom is -0.496 e. The quantitative estimate of drug-likeness (QED) is 0.789. The second kappa shape index (κ2) is 6.31. The number of benzene rings is 2. The van der Waals surface area contributed by atoms with Crippen LogP contribution in [0.3, 0.4) is 0 Å². The lowest BCUT2D eigenvalue weighted by molar-refractivity contribution is 0.112. The Balaban J connectivity index is 2.75. The van der Waals surface area contributed by atoms with Crippen molar-refractivity contribution in [1.29, 1.82) is 0 Å². The van der Waals surface area contributed by atoms with Crippen molar-refractivity contribution in [2.45, 2.75) is 6.92 Å². The Morgan fingerprint density at radius 2 is 1.52 bits per heavy atom. The van der Waals surface area contributed by atoms with Gasteiger partial charge in [0.1, 0.15) is 23.5 Å². The van der Waals surface area contributed by atoms with E-state index in [-0.39, 0.29) is 0 Å². The molecular weight excluding hydrogens is 268 g/mol. The van der Waals surface area contributed by atoms with Gasteiger partial charge in [-0.25, -0.2) is 0 Å². The fraction of sp³-hybridized carbons (Fsp3) is 0.235. The van der Waals surface area contributed by atoms with E-state index >= 15 is 0 Å². The van der Waals surface area contributed by atoms with Crippen molar-refractivity contribution >= 4 is 6.29 Å². The van der Waals surface area contributed by atoms with Crippen molar-refractivity contribution in [3.63, 3.8) is 0 Å². The summed E-state index contributed by atoms with van der Waals surface area (Å²) in [7, 11) is 4.78. The zero-order valence-corrected chi connectivity index (χ0v) is 12.6. The van der Waals surface area contributed by atoms with Crippen LogP contribution in [0, 0.1) is 6.92 Å². The summed E-state index contributed by atoms with van der Waals surface area (Å²) >= 11 is 0. The first-order valence-corrected chi connectivity index (χ1v) is 6.50. The summed E-state index contributed by atoms with van der Waals surface area (Å²) in [4.78, 5) is 11.0. The van der Waals surface area contributed by atoms with E-state index in [9.17, 15) is 4.79 Å². The zero-order valence-electron chi connectivity index (χ0n) is 12.6. The summed E-state index contributed by atoms with van der Waals surface area (Å²) in [5.41, 5.74) is 3.34. The van der Waals surface area contributed by atoms with E-state index in [0.717, 1.165) is 23.0 Å². The standard InChI is InChI=1S/C17H18O4/c1-11-5-6-12(10-18)7-14(11)17-15(20-3)8-13(19-2)9-16(17)21-4/h5-10H,1-4H3. The Morgan fingerprint density at radius 1 is 0.905 bits per heavy atom. The van der Waals surface area contributed by atoms with Gasteiger partial charge in [-0.15, -0.1) is 0 Å². The second-order valence-corrected chi connectivity index (χ2v) is 4.60. The van der Waals surface area contributed by atoms with E-state index in [4.69, 9.17) is 14.2 Å². The first kappa shape index (κ1) is 14.9. The molecule has 0 aromatic heterocycles. The lowest BCUT2D eigenvalue weighted by Crippen LogP contribution is -1.97. The highest BCUT2D eigenvalue weighted by atomic mass is 16.5. The molecule has 4 nitrogen and oxygen atoms in total. The van der Waals surface area contributed by atoms with Crippen LogP contribution in [0.2, 0.25) is 0 Å². The number of aryl methyl sites for hydroxylation is 1. The number of aldehydes is 1. The molecule has 0 N–H and O–H groups in total. The van der Waals surface area contributed by atoms with Crippen LogP contribution in [0.4, 0.5) is 0 Å². The first-order chi connectivity index (χ1) is 10.1. The summed E-state index contributed by atoms with van der Waals surface area (Å²) < 4.78 is 16.2. The highest BCUT2D eigenvalue weighted by Crippen LogP contribution is 2.43. The van der Waals surface area contributed by atoms with Gasteiger partial charge in [-0.05, 0) is 24.1 Å². The summed E-state index contributed by atoms with van der Waals surface area (Å²) in [5, 5.41) is 0. The number of rotatable bonds is 5. The molecule has 0 aliphatic rings. The Kier molecular flexibility index (Phi) is 4.48. The maximum absolute atomic E-state index is 11.0. The number of hydrogen-bond donors (Lipinski definition) is 0. The molecule has 0 amide bonds. The molecule has 110 valence electrons. The first-order valence-electron chi connectivity index (χ1n) is 6.50. The summed E-state index contributed by atoms with van der Waals surface area (Å²) in [6.45, 7) is 1.98. The van der Waals surface area contributed by atoms with Gasteiger partial charge < -0.3 is 14.2 Å². The van der Waals surface area contributed by atoms with Crippen molar-refractivity contribution in [3.8, 4) is 28.4 Å². The predicted molar refractivity (Wildman–Crippen MR) is 81.7 cm³/mol. The third-order valence-corrected chi connectivity index (χ3v) is 3.38. The van der Waals surface area contributed by atoms with Gasteiger partial charge in [-0.3, -0.25) is 4.79 Å². The lowest BCUT2D eigenvalue weighted by atomic mass is 9.96. The maximum Gasteiger partial charge on any atom is 0.150 e. The summed E-state index contributed by atoms with van der Waals surface area (Å²) in [5.74, 6) is 1.92. The molecule has 0 heterocycles. The van der Waals surface area contributed by atoms with Crippen LogP contribution in [0.5, 0.6) is 17.2 Å². The van der Waals surface area contributed by atoms with Gasteiger partial charge in [-0.2, -0.15) is 0 Å². The molecule has 0 atom stereocenters. The Labute approximate surface area is 124 Å². The molecule has 0 fully saturated rings. The van der Waals surface area contributed by atoms with Gasteiger partial charge in [0.05, 0.1) is 26.9 Å². The SMILES string of the molecule is COc1cc(OC)c(-c2cc(C=O)ccc2C)c(OC)c1. The zero-order chi connectivity index (χ0) is 15.4. The van der Waals surface area contributed by atoms with Crippen LogP contribution in [-0.2, 0) is 0 Å². The molecule has 4 heteroatoms. The van der Waals surface area contributed by atoms with Gasteiger partial charge in [-0.1, -0.05) is 12.1 Å². The molecule has 0 saturated heterocycles. The highest BCUT2D eigenvalue weighted by Gasteiger charge is 2.17. The molecule has 2 aromatic rings. The highest BCUT2D eigenvalue weighted by molar-refractivity contribution is 5.85. The smallest absolute Gasteiger partial charge is 0.150 e. The van der Waals surface area contributed by atoms with E-state index in [2.05, 4.69) is 0 Å². The van der Waals surface area contributed by atoms with Crippen molar-refractivity contribution in [3.05, 3.63) is 41.5 Å². The fourth-order valence-electron chi connectivity index (χ4n) is 2.25. The van der Waals surface area contributed by atoms with Crippen LogP contribution in [0.25, 0.3) is 11.1 Å². The minimum absolute atomic E-state index is 0.607. The van der Waals surface area contributed by atoms with Crippen molar-refractivity contribution in [2.75, 3.05) is 21.3 Å². The Morgan fingerprint density at radius 3 is 2.00 bits per heavy atom. The normalized spacial score (nSPS) is 10.1. The van der Waals surface area contributed by atoms with Crippen LogP contribution >= 0.6 is 0 Å². The largest absolute Gasteiger partial charge is 0.496 e. The second-order valence-electron chi connectivity index (χ2n) is 4.60. The third kappa shape index (κ3) is 2.84. The van der Waals surface area contributed by atoms with Gasteiger partial charge in [0.25, 0.3) is 0 Å². The molecule has 0 radical (unpaired) electrons. The van der Waals surface area contributed by atoms with Crippen molar-refractivity contribution < 1.29 is 19.0 Å². The molecule has 0 aliphatic carbocycles. The third-order valence-electron chi connectivity index (χ3n) is 3.38. The summed E-state index contributed by atoms with van der Waals surface area (Å²) in [6.07, 6.45) is 0.825. The Hall–Kier alpha value is -2.49. The maximum atomic E-state index is 11.0. The molecule has 0 bridgehead atoms. The van der Waals surface area contributed by atoms with E-state index in [0.29, 0.717) is 22.8 Å². The number of ether oxygens (including phenoxy) is 3. The van der Waals surface area contributed by atoms with Gasteiger partial charge in [0.2, 0.25) is 0 Å². The monoisotopic (exact) mass is 286 g/mol. The van der Waals surface area contributed by atoms with E-state index in [1.165, 1.54) is 0 Å². The van der Waals surface area contributed by atoms with Crippen LogP contribution in [0.1, 0.15) is 15.9 Å². The summed E-state index contributed by atoms with van der Waals surface area (Å²) in [6, 6.07) is 9.11. The number of hydrogen-bond acceptors (Lipinski definition) is 4. The van der Waals surface area contributed by atoms with Gasteiger partial charge >= 0.3 is 0 Å². The average molecular weight is 286 g/mol. The average Bonchev–Trinajstić information content (AvgIpc) is 2.54. The lowest BCUT2D eigenvalue weighted by Gasteiger charge is -2.17. The van der Waals surface area contributed by atoms with Gasteiger partial charge in [0.15, 0.2) is 0 Å². The number of carbonyl (C=O) groups is 1. The van der Waals surface area contributed by atoms with Crippen LogP contribution in [-0.4, -0.2) is 27.6 Å². The predicted octanol–water partition coefficient (Wildman–Crippen LogP) is 3.50. The van der Waals surface area contributed by atoms with E-state index < -0.39 is 0 Å². The number of methoxy groups -OCH3 is 3. The molecule has 0 unspecified atom stereocenters. The van der Waals surface area contributed by atoms with Crippen molar-refractivity contribution in [1.82, 2.24) is 0 Å². The van der Waals surface area contributed by atoms with Crippen LogP contribution < -0.4 is 14.2 Å². The van der Waals surface area contributed by atoms with E-state index in [1.54, 1.807) is 39.5 Å². The van der Waals surface area contributed by atoms with Crippen LogP contribution in [0.15, 0.2) is 30.3 Å². The molecular formula is C17H18O4. The molecule has 21 heavy (non-hydrogen) atoms. The topological polar surface area (TPSA) is 44.8 Å². The fourth-order valence-corrected chi connectivity index (χ4v) is 2.25. The number of carbonyl (C=O) groups excluding carboxylic acids is 1. The van der Waals surface area contributed by atoms with E-state index in [1.807, 2.05) is 19.1 Å². The molecule has 2 aromatic carbocycles. The Bertz CT molecular complexity index is 637. The molecule has 0 aliphatic heterocycles. The molecule has 2 rings (SSSR count). The van der Waals surface area contributed by atoms with Crippen molar-refractivity contribution in [2.24, 2.45) is 0 Å². The molecule has 0 saturated carbocycles. The molecule has 0 spiro atoms. The van der Waals surface area contributed by atoms with Gasteiger partial charge in [0, 0.05) is 17.7 Å².